The highest BCUT2D eigenvalue weighted by Crippen LogP contribution is 2.48. The second-order valence-electron chi connectivity index (χ2n) is 5.82. The third-order valence-electron chi connectivity index (χ3n) is 4.68. The van der Waals surface area contributed by atoms with Gasteiger partial charge in [-0.05, 0) is 36.6 Å². The Balaban J connectivity index is 2.02. The van der Waals surface area contributed by atoms with E-state index in [1.54, 1.807) is 0 Å². The average molecular weight is 357 g/mol. The van der Waals surface area contributed by atoms with Crippen molar-refractivity contribution in [2.75, 3.05) is 21.7 Å². The molecule has 22 heavy (non-hydrogen) atoms. The van der Waals surface area contributed by atoms with Gasteiger partial charge in [0.15, 0.2) is 0 Å². The summed E-state index contributed by atoms with van der Waals surface area (Å²) < 4.78 is 0. The lowest BCUT2D eigenvalue weighted by atomic mass is 10.0. The molecule has 2 aliphatic heterocycles. The Morgan fingerprint density at radius 2 is 1.95 bits per heavy atom. The lowest BCUT2D eigenvalue weighted by molar-refractivity contribution is -0.116. The first-order chi connectivity index (χ1) is 10.7. The van der Waals surface area contributed by atoms with Crippen LogP contribution in [0.5, 0.6) is 0 Å². The number of benzene rings is 2. The van der Waals surface area contributed by atoms with Crippen molar-refractivity contribution in [1.82, 2.24) is 0 Å². The highest BCUT2D eigenvalue weighted by molar-refractivity contribution is 9.09. The summed E-state index contributed by atoms with van der Waals surface area (Å²) in [6.45, 7) is 3.10. The molecule has 0 fully saturated rings. The van der Waals surface area contributed by atoms with Gasteiger partial charge in [0.05, 0.1) is 22.7 Å². The molecule has 0 spiro atoms. The summed E-state index contributed by atoms with van der Waals surface area (Å²) in [4.78, 5) is 16.9. The fourth-order valence-corrected chi connectivity index (χ4v) is 3.99. The van der Waals surface area contributed by atoms with Crippen LogP contribution in [0.4, 0.5) is 17.1 Å². The summed E-state index contributed by atoms with van der Waals surface area (Å²) in [5, 5.41) is 0.334. The lowest BCUT2D eigenvalue weighted by Crippen LogP contribution is -2.34. The van der Waals surface area contributed by atoms with E-state index >= 15 is 0 Å². The summed E-state index contributed by atoms with van der Waals surface area (Å²) in [6.07, 6.45) is 1.07. The Kier molecular flexibility index (Phi) is 3.22. The SMILES string of the molecule is CC1c2cccc3c2N(CC3)c2ccccc2N1C(=O)CBr. The topological polar surface area (TPSA) is 23.6 Å². The van der Waals surface area contributed by atoms with Gasteiger partial charge in [-0.2, -0.15) is 0 Å². The molecule has 4 rings (SSSR count). The van der Waals surface area contributed by atoms with Gasteiger partial charge in [0.2, 0.25) is 5.91 Å². The molecule has 2 aromatic rings. The number of hydrogen-bond donors (Lipinski definition) is 0. The molecule has 2 heterocycles. The van der Waals surface area contributed by atoms with Gasteiger partial charge < -0.3 is 9.80 Å². The Labute approximate surface area is 138 Å². The van der Waals surface area contributed by atoms with Crippen molar-refractivity contribution in [3.63, 3.8) is 0 Å². The smallest absolute Gasteiger partial charge is 0.238 e. The molecule has 2 aliphatic rings. The third kappa shape index (κ3) is 1.83. The van der Waals surface area contributed by atoms with Crippen LogP contribution >= 0.6 is 15.9 Å². The van der Waals surface area contributed by atoms with E-state index < -0.39 is 0 Å². The zero-order valence-electron chi connectivity index (χ0n) is 12.4. The molecular weight excluding hydrogens is 340 g/mol. The first-order valence-corrected chi connectivity index (χ1v) is 8.71. The lowest BCUT2D eigenvalue weighted by Gasteiger charge is -2.29. The first-order valence-electron chi connectivity index (χ1n) is 7.58. The molecule has 0 aliphatic carbocycles. The standard InChI is InChI=1S/C18H17BrN2O/c1-12-14-6-4-5-13-9-10-20(18(13)14)15-7-2-3-8-16(15)21(12)17(22)11-19/h2-8,12H,9-11H2,1H3. The van der Waals surface area contributed by atoms with Gasteiger partial charge in [0.25, 0.3) is 0 Å². The van der Waals surface area contributed by atoms with E-state index in [0.29, 0.717) is 5.33 Å². The minimum absolute atomic E-state index is 0.0317. The Bertz CT molecular complexity index is 759. The Morgan fingerprint density at radius 3 is 2.73 bits per heavy atom. The fraction of sp³-hybridized carbons (Fsp3) is 0.278. The number of anilines is 3. The van der Waals surface area contributed by atoms with E-state index in [1.165, 1.54) is 16.8 Å². The molecule has 112 valence electrons. The van der Waals surface area contributed by atoms with Crippen molar-refractivity contribution in [2.24, 2.45) is 0 Å². The summed E-state index contributed by atoms with van der Waals surface area (Å²) >= 11 is 3.33. The van der Waals surface area contributed by atoms with Crippen molar-refractivity contribution in [2.45, 2.75) is 19.4 Å². The van der Waals surface area contributed by atoms with Crippen LogP contribution in [0.25, 0.3) is 0 Å². The predicted molar refractivity (Wildman–Crippen MR) is 93.3 cm³/mol. The second kappa shape index (κ2) is 5.13. The van der Waals surface area contributed by atoms with E-state index in [1.807, 2.05) is 17.0 Å². The normalized spacial score (nSPS) is 18.7. The maximum atomic E-state index is 12.6. The van der Waals surface area contributed by atoms with Crippen molar-refractivity contribution in [3.05, 3.63) is 53.6 Å². The number of hydrogen-bond acceptors (Lipinski definition) is 2. The minimum atomic E-state index is 0.0317. The van der Waals surface area contributed by atoms with Crippen LogP contribution in [-0.2, 0) is 11.2 Å². The molecule has 0 bridgehead atoms. The number of carbonyl (C=O) groups is 1. The summed E-state index contributed by atoms with van der Waals surface area (Å²) in [5.41, 5.74) is 6.05. The maximum absolute atomic E-state index is 12.6. The number of alkyl halides is 1. The Hall–Kier alpha value is -1.81. The molecule has 1 atom stereocenters. The van der Waals surface area contributed by atoms with Crippen LogP contribution in [0, 0.1) is 0 Å². The summed E-state index contributed by atoms with van der Waals surface area (Å²) in [7, 11) is 0. The van der Waals surface area contributed by atoms with Gasteiger partial charge in [0.1, 0.15) is 0 Å². The number of carbonyl (C=O) groups excluding carboxylic acids is 1. The maximum Gasteiger partial charge on any atom is 0.238 e. The highest BCUT2D eigenvalue weighted by Gasteiger charge is 2.35. The molecule has 0 aromatic heterocycles. The van der Waals surface area contributed by atoms with E-state index in [2.05, 4.69) is 58.1 Å². The highest BCUT2D eigenvalue weighted by atomic mass is 79.9. The number of amides is 1. The molecule has 0 radical (unpaired) electrons. The van der Waals surface area contributed by atoms with Crippen molar-refractivity contribution in [1.29, 1.82) is 0 Å². The van der Waals surface area contributed by atoms with Gasteiger partial charge >= 0.3 is 0 Å². The Morgan fingerprint density at radius 1 is 1.18 bits per heavy atom. The monoisotopic (exact) mass is 356 g/mol. The molecular formula is C18H17BrN2O. The van der Waals surface area contributed by atoms with Gasteiger partial charge in [0, 0.05) is 12.2 Å². The molecule has 2 aromatic carbocycles. The van der Waals surface area contributed by atoms with Gasteiger partial charge in [-0.15, -0.1) is 0 Å². The van der Waals surface area contributed by atoms with E-state index in [9.17, 15) is 4.79 Å². The molecule has 1 amide bonds. The average Bonchev–Trinajstić information content (AvgIpc) is 2.94. The molecule has 3 nitrogen and oxygen atoms in total. The largest absolute Gasteiger partial charge is 0.339 e. The van der Waals surface area contributed by atoms with Crippen LogP contribution in [-0.4, -0.2) is 17.8 Å². The van der Waals surface area contributed by atoms with Crippen molar-refractivity contribution >= 4 is 38.9 Å². The molecule has 0 saturated heterocycles. The van der Waals surface area contributed by atoms with Crippen LogP contribution in [0.15, 0.2) is 42.5 Å². The molecule has 1 unspecified atom stereocenters. The van der Waals surface area contributed by atoms with E-state index in [-0.39, 0.29) is 11.9 Å². The van der Waals surface area contributed by atoms with Crippen LogP contribution in [0.1, 0.15) is 24.1 Å². The fourth-order valence-electron chi connectivity index (χ4n) is 3.72. The molecule has 0 N–H and O–H groups in total. The summed E-state index contributed by atoms with van der Waals surface area (Å²) in [5.74, 6) is 0.0960. The van der Waals surface area contributed by atoms with Crippen LogP contribution < -0.4 is 9.80 Å². The van der Waals surface area contributed by atoms with Gasteiger partial charge in [-0.3, -0.25) is 4.79 Å². The van der Waals surface area contributed by atoms with Gasteiger partial charge in [-0.1, -0.05) is 46.3 Å². The van der Waals surface area contributed by atoms with Crippen LogP contribution in [0.3, 0.4) is 0 Å². The quantitative estimate of drug-likeness (QED) is 0.715. The van der Waals surface area contributed by atoms with Crippen LogP contribution in [0.2, 0.25) is 0 Å². The number of halogens is 1. The van der Waals surface area contributed by atoms with E-state index in [4.69, 9.17) is 0 Å². The number of nitrogens with zero attached hydrogens (tertiary/aromatic N) is 2. The third-order valence-corrected chi connectivity index (χ3v) is 5.16. The van der Waals surface area contributed by atoms with Crippen molar-refractivity contribution < 1.29 is 4.79 Å². The van der Waals surface area contributed by atoms with Crippen molar-refractivity contribution in [3.8, 4) is 0 Å². The van der Waals surface area contributed by atoms with E-state index in [0.717, 1.165) is 24.3 Å². The second-order valence-corrected chi connectivity index (χ2v) is 6.38. The van der Waals surface area contributed by atoms with Gasteiger partial charge in [-0.25, -0.2) is 0 Å². The predicted octanol–water partition coefficient (Wildman–Crippen LogP) is 4.18. The minimum Gasteiger partial charge on any atom is -0.339 e. The molecule has 4 heteroatoms. The summed E-state index contributed by atoms with van der Waals surface area (Å²) in [6, 6.07) is 14.7. The zero-order valence-corrected chi connectivity index (χ0v) is 14.0. The number of para-hydroxylation sites is 3. The zero-order chi connectivity index (χ0) is 15.3. The first kappa shape index (κ1) is 13.8. The number of fused-ring (bicyclic) bond motifs is 2. The number of rotatable bonds is 1. The molecule has 0 saturated carbocycles.